The summed E-state index contributed by atoms with van der Waals surface area (Å²) in [6.45, 7) is 4.49. The van der Waals surface area contributed by atoms with Crippen LogP contribution in [0.2, 0.25) is 0 Å². The predicted molar refractivity (Wildman–Crippen MR) is 152 cm³/mol. The fourth-order valence-corrected chi connectivity index (χ4v) is 7.26. The Hall–Kier alpha value is -2.71. The van der Waals surface area contributed by atoms with Crippen molar-refractivity contribution in [3.8, 4) is 11.1 Å². The highest BCUT2D eigenvalue weighted by molar-refractivity contribution is 8.03. The SMILES string of the molecule is CCCCc1nc(SC)c(C(=O)OCC)n1Cc1ccc(-c2ccccc2S(=O)(=O)NS(=O)(=O)N(C)C)cc1. The Bertz CT molecular complexity index is 1520. The van der Waals surface area contributed by atoms with Crippen molar-refractivity contribution in [3.05, 3.63) is 65.6 Å². The molecule has 1 aromatic heterocycles. The van der Waals surface area contributed by atoms with E-state index in [2.05, 4.69) is 6.92 Å². The number of benzene rings is 2. The third-order valence-corrected chi connectivity index (χ3v) is 10.2. The lowest BCUT2D eigenvalue weighted by atomic mass is 10.0. The van der Waals surface area contributed by atoms with Crippen molar-refractivity contribution in [1.82, 2.24) is 18.0 Å². The maximum Gasteiger partial charge on any atom is 0.357 e. The highest BCUT2D eigenvalue weighted by Gasteiger charge is 2.27. The number of hydrogen-bond donors (Lipinski definition) is 1. The van der Waals surface area contributed by atoms with E-state index in [-0.39, 0.29) is 11.5 Å². The number of hydrogen-bond acceptors (Lipinski definition) is 8. The van der Waals surface area contributed by atoms with Crippen LogP contribution >= 0.6 is 11.8 Å². The number of nitrogens with one attached hydrogen (secondary N) is 1. The van der Waals surface area contributed by atoms with Gasteiger partial charge >= 0.3 is 5.97 Å². The lowest BCUT2D eigenvalue weighted by molar-refractivity contribution is 0.0509. The minimum absolute atomic E-state index is 0.158. The zero-order valence-corrected chi connectivity index (χ0v) is 25.1. The summed E-state index contributed by atoms with van der Waals surface area (Å²) in [6.07, 6.45) is 4.50. The quantitative estimate of drug-likeness (QED) is 0.233. The summed E-state index contributed by atoms with van der Waals surface area (Å²) in [5.74, 6) is 0.381. The Morgan fingerprint density at radius 2 is 1.72 bits per heavy atom. The van der Waals surface area contributed by atoms with Gasteiger partial charge < -0.3 is 9.30 Å². The van der Waals surface area contributed by atoms with Crippen LogP contribution < -0.4 is 4.13 Å². The second-order valence-electron chi connectivity index (χ2n) is 8.86. The number of nitrogens with zero attached hydrogens (tertiary/aromatic N) is 3. The Morgan fingerprint density at radius 3 is 2.31 bits per heavy atom. The van der Waals surface area contributed by atoms with Crippen LogP contribution in [0, 0.1) is 0 Å². The summed E-state index contributed by atoms with van der Waals surface area (Å²) in [5, 5.41) is 0.621. The van der Waals surface area contributed by atoms with Crippen LogP contribution in [0.4, 0.5) is 0 Å². The maximum atomic E-state index is 13.0. The molecule has 0 unspecified atom stereocenters. The number of rotatable bonds is 13. The van der Waals surface area contributed by atoms with Crippen LogP contribution in [0.15, 0.2) is 58.5 Å². The largest absolute Gasteiger partial charge is 0.461 e. The predicted octanol–water partition coefficient (Wildman–Crippen LogP) is 3.92. The third kappa shape index (κ3) is 7.28. The van der Waals surface area contributed by atoms with Crippen LogP contribution in [0.1, 0.15) is 48.6 Å². The molecule has 0 atom stereocenters. The second kappa shape index (κ2) is 13.1. The van der Waals surface area contributed by atoms with Gasteiger partial charge in [-0.1, -0.05) is 59.9 Å². The van der Waals surface area contributed by atoms with E-state index in [0.717, 1.165) is 35.0 Å². The molecule has 3 aromatic rings. The molecule has 0 aliphatic rings. The van der Waals surface area contributed by atoms with E-state index in [9.17, 15) is 21.6 Å². The van der Waals surface area contributed by atoms with Gasteiger partial charge in [-0.05, 0) is 36.8 Å². The number of aromatic nitrogens is 2. The number of thioether (sulfide) groups is 1. The molecular formula is C26H34N4O6S3. The highest BCUT2D eigenvalue weighted by atomic mass is 32.3. The summed E-state index contributed by atoms with van der Waals surface area (Å²) in [4.78, 5) is 17.4. The van der Waals surface area contributed by atoms with Gasteiger partial charge in [-0.3, -0.25) is 0 Å². The highest BCUT2D eigenvalue weighted by Crippen LogP contribution is 2.29. The third-order valence-electron chi connectivity index (χ3n) is 5.91. The van der Waals surface area contributed by atoms with E-state index >= 15 is 0 Å². The van der Waals surface area contributed by atoms with Crippen LogP contribution in [-0.2, 0) is 37.9 Å². The van der Waals surface area contributed by atoms with E-state index in [1.165, 1.54) is 38.0 Å². The molecule has 0 amide bonds. The molecule has 3 rings (SSSR count). The molecule has 0 fully saturated rings. The van der Waals surface area contributed by atoms with Gasteiger partial charge in [0.05, 0.1) is 11.5 Å². The molecule has 1 heterocycles. The van der Waals surface area contributed by atoms with Gasteiger partial charge in [-0.2, -0.15) is 12.7 Å². The number of aryl methyl sites for hydroxylation is 1. The zero-order chi connectivity index (χ0) is 28.8. The number of imidazole rings is 1. The zero-order valence-electron chi connectivity index (χ0n) is 22.7. The van der Waals surface area contributed by atoms with Gasteiger partial charge in [0.25, 0.3) is 20.2 Å². The smallest absolute Gasteiger partial charge is 0.357 e. The normalized spacial score (nSPS) is 12.2. The molecule has 10 nitrogen and oxygen atoms in total. The summed E-state index contributed by atoms with van der Waals surface area (Å²) in [5.41, 5.74) is 2.24. The summed E-state index contributed by atoms with van der Waals surface area (Å²) in [7, 11) is -6.12. The maximum absolute atomic E-state index is 13.0. The molecule has 212 valence electrons. The van der Waals surface area contributed by atoms with Gasteiger partial charge in [-0.15, -0.1) is 11.8 Å². The lowest BCUT2D eigenvalue weighted by Gasteiger charge is -2.15. The van der Waals surface area contributed by atoms with Gasteiger partial charge in [-0.25, -0.2) is 18.2 Å². The standard InChI is InChI=1S/C26H34N4O6S3/c1-6-8-13-23-27-25(37-5)24(26(31)36-7-2)30(23)18-19-14-16-20(17-15-19)21-11-9-10-12-22(21)38(32,33)28-39(34,35)29(3)4/h9-12,14-17,28H,6-8,13,18H2,1-5H3. The number of sulfonamides is 1. The number of carbonyl (C=O) groups excluding carboxylic acids is 1. The van der Waals surface area contributed by atoms with Crippen LogP contribution in [-0.4, -0.2) is 63.6 Å². The summed E-state index contributed by atoms with van der Waals surface area (Å²) >= 11 is 1.40. The first-order chi connectivity index (χ1) is 18.4. The fourth-order valence-electron chi connectivity index (χ4n) is 3.88. The molecule has 0 aliphatic heterocycles. The molecule has 0 saturated carbocycles. The first kappa shape index (κ1) is 30.8. The van der Waals surface area contributed by atoms with Crippen LogP contribution in [0.25, 0.3) is 11.1 Å². The molecular weight excluding hydrogens is 561 g/mol. The summed E-state index contributed by atoms with van der Waals surface area (Å²) < 4.78 is 60.2. The first-order valence-corrected chi connectivity index (χ1v) is 16.5. The van der Waals surface area contributed by atoms with E-state index in [1.807, 2.05) is 23.0 Å². The summed E-state index contributed by atoms with van der Waals surface area (Å²) in [6, 6.07) is 13.4. The molecule has 1 N–H and O–H groups in total. The number of esters is 1. The Morgan fingerprint density at radius 1 is 1.05 bits per heavy atom. The van der Waals surface area contributed by atoms with E-state index in [1.54, 1.807) is 35.3 Å². The molecule has 0 spiro atoms. The van der Waals surface area contributed by atoms with E-state index in [0.29, 0.717) is 28.4 Å². The van der Waals surface area contributed by atoms with Crippen molar-refractivity contribution < 1.29 is 26.4 Å². The van der Waals surface area contributed by atoms with Crippen molar-refractivity contribution in [3.63, 3.8) is 0 Å². The van der Waals surface area contributed by atoms with Crippen LogP contribution in [0.5, 0.6) is 0 Å². The van der Waals surface area contributed by atoms with Crippen molar-refractivity contribution in [2.75, 3.05) is 27.0 Å². The first-order valence-electron chi connectivity index (χ1n) is 12.4. The molecule has 0 bridgehead atoms. The molecule has 0 saturated heterocycles. The van der Waals surface area contributed by atoms with Gasteiger partial charge in [0.15, 0.2) is 5.69 Å². The monoisotopic (exact) mass is 594 g/mol. The molecule has 2 aromatic carbocycles. The Labute approximate surface area is 235 Å². The molecule has 0 aliphatic carbocycles. The lowest BCUT2D eigenvalue weighted by Crippen LogP contribution is -2.39. The van der Waals surface area contributed by atoms with Crippen molar-refractivity contribution >= 4 is 38.0 Å². The average molecular weight is 595 g/mol. The minimum atomic E-state index is -4.38. The van der Waals surface area contributed by atoms with Gasteiger partial charge in [0, 0.05) is 32.6 Å². The van der Waals surface area contributed by atoms with Crippen molar-refractivity contribution in [2.24, 2.45) is 0 Å². The van der Waals surface area contributed by atoms with Crippen molar-refractivity contribution in [1.29, 1.82) is 0 Å². The fraction of sp³-hybridized carbons (Fsp3) is 0.385. The number of carbonyl (C=O) groups is 1. The topological polar surface area (TPSA) is 128 Å². The minimum Gasteiger partial charge on any atom is -0.461 e. The average Bonchev–Trinajstić information content (AvgIpc) is 3.24. The van der Waals surface area contributed by atoms with E-state index in [4.69, 9.17) is 9.72 Å². The molecule has 0 radical (unpaired) electrons. The number of unbranched alkanes of at least 4 members (excludes halogenated alkanes) is 1. The Kier molecular flexibility index (Phi) is 10.4. The number of ether oxygens (including phenoxy) is 1. The second-order valence-corrected chi connectivity index (χ2v) is 13.5. The van der Waals surface area contributed by atoms with Crippen LogP contribution in [0.3, 0.4) is 0 Å². The van der Waals surface area contributed by atoms with Crippen molar-refractivity contribution in [2.45, 2.75) is 49.6 Å². The van der Waals surface area contributed by atoms with Gasteiger partial charge in [0.2, 0.25) is 0 Å². The van der Waals surface area contributed by atoms with E-state index < -0.39 is 26.2 Å². The Balaban J connectivity index is 1.99. The van der Waals surface area contributed by atoms with Gasteiger partial charge in [0.1, 0.15) is 10.9 Å². The molecule has 13 heteroatoms. The molecule has 39 heavy (non-hydrogen) atoms.